The third-order valence-electron chi connectivity index (χ3n) is 3.06. The van der Waals surface area contributed by atoms with Crippen molar-refractivity contribution in [2.24, 2.45) is 0 Å². The van der Waals surface area contributed by atoms with E-state index >= 15 is 0 Å². The lowest BCUT2D eigenvalue weighted by Crippen LogP contribution is -2.54. The summed E-state index contributed by atoms with van der Waals surface area (Å²) in [5.74, 6) is -3.72. The Bertz CT molecular complexity index is 546. The maximum Gasteiger partial charge on any atom is 0.329 e. The molecular weight excluding hydrogens is 284 g/mol. The summed E-state index contributed by atoms with van der Waals surface area (Å²) < 4.78 is 31.1. The Morgan fingerprint density at radius 2 is 1.95 bits per heavy atom. The number of hydrogen-bond acceptors (Lipinski definition) is 3. The predicted octanol–water partition coefficient (Wildman–Crippen LogP) is 2.06. The number of ether oxygens (including phenoxy) is 1. The van der Waals surface area contributed by atoms with Gasteiger partial charge >= 0.3 is 5.97 Å². The molecule has 7 heteroatoms. The zero-order valence-electron chi connectivity index (χ0n) is 12.0. The highest BCUT2D eigenvalue weighted by molar-refractivity contribution is 5.87. The van der Waals surface area contributed by atoms with Gasteiger partial charge in [0.2, 0.25) is 0 Å². The number of carbonyl (C=O) groups is 2. The second kappa shape index (κ2) is 6.51. The van der Waals surface area contributed by atoms with Crippen LogP contribution in [0.3, 0.4) is 0 Å². The summed E-state index contributed by atoms with van der Waals surface area (Å²) in [5, 5.41) is 9.12. The van der Waals surface area contributed by atoms with Gasteiger partial charge in [0.1, 0.15) is 11.4 Å². The van der Waals surface area contributed by atoms with Gasteiger partial charge in [-0.05, 0) is 32.9 Å². The van der Waals surface area contributed by atoms with E-state index in [9.17, 15) is 18.4 Å². The van der Waals surface area contributed by atoms with Gasteiger partial charge in [-0.3, -0.25) is 4.79 Å². The number of nitrogens with zero attached hydrogens (tertiary/aromatic N) is 1. The van der Waals surface area contributed by atoms with Gasteiger partial charge in [-0.15, -0.1) is 0 Å². The molecule has 0 unspecified atom stereocenters. The first-order chi connectivity index (χ1) is 9.70. The fourth-order valence-corrected chi connectivity index (χ4v) is 1.81. The largest absolute Gasteiger partial charge is 0.481 e. The number of rotatable bonds is 6. The molecule has 1 aromatic rings. The Hall–Kier alpha value is -2.18. The van der Waals surface area contributed by atoms with Crippen LogP contribution in [0.4, 0.5) is 8.78 Å². The third kappa shape index (κ3) is 3.90. The van der Waals surface area contributed by atoms with E-state index in [1.54, 1.807) is 6.92 Å². The molecule has 5 nitrogen and oxygen atoms in total. The molecule has 116 valence electrons. The third-order valence-corrected chi connectivity index (χ3v) is 3.06. The molecule has 0 aliphatic carbocycles. The van der Waals surface area contributed by atoms with Crippen LogP contribution in [0.15, 0.2) is 18.2 Å². The van der Waals surface area contributed by atoms with Crippen molar-refractivity contribution in [2.45, 2.75) is 26.3 Å². The van der Waals surface area contributed by atoms with Gasteiger partial charge in [0.15, 0.2) is 18.2 Å². The Kier molecular flexibility index (Phi) is 5.23. The molecule has 1 aromatic carbocycles. The number of aliphatic carboxylic acids is 1. The first kappa shape index (κ1) is 16.9. The van der Waals surface area contributed by atoms with Crippen LogP contribution in [-0.2, 0) is 9.59 Å². The van der Waals surface area contributed by atoms with Crippen molar-refractivity contribution in [1.29, 1.82) is 0 Å². The van der Waals surface area contributed by atoms with E-state index < -0.39 is 35.7 Å². The highest BCUT2D eigenvalue weighted by atomic mass is 19.1. The minimum atomic E-state index is -1.41. The smallest absolute Gasteiger partial charge is 0.329 e. The maximum absolute atomic E-state index is 13.4. The van der Waals surface area contributed by atoms with E-state index in [0.29, 0.717) is 6.07 Å². The average molecular weight is 301 g/mol. The van der Waals surface area contributed by atoms with Crippen molar-refractivity contribution in [3.8, 4) is 5.75 Å². The van der Waals surface area contributed by atoms with Crippen LogP contribution in [0.5, 0.6) is 5.75 Å². The summed E-state index contributed by atoms with van der Waals surface area (Å²) in [6, 6.07) is 2.71. The van der Waals surface area contributed by atoms with Crippen LogP contribution in [0.2, 0.25) is 0 Å². The van der Waals surface area contributed by atoms with Gasteiger partial charge in [0.05, 0.1) is 0 Å². The van der Waals surface area contributed by atoms with E-state index in [4.69, 9.17) is 9.84 Å². The molecule has 0 saturated carbocycles. The van der Waals surface area contributed by atoms with Crippen molar-refractivity contribution < 1.29 is 28.2 Å². The molecule has 1 amide bonds. The lowest BCUT2D eigenvalue weighted by Gasteiger charge is -2.34. The van der Waals surface area contributed by atoms with E-state index in [0.717, 1.165) is 17.0 Å². The van der Waals surface area contributed by atoms with E-state index in [2.05, 4.69) is 0 Å². The van der Waals surface area contributed by atoms with E-state index in [1.807, 2.05) is 0 Å². The number of halogens is 2. The lowest BCUT2D eigenvalue weighted by molar-refractivity contribution is -0.157. The van der Waals surface area contributed by atoms with Crippen LogP contribution in [0, 0.1) is 11.6 Å². The molecule has 0 aromatic heterocycles. The summed E-state index contributed by atoms with van der Waals surface area (Å²) >= 11 is 0. The molecule has 0 radical (unpaired) electrons. The summed E-state index contributed by atoms with van der Waals surface area (Å²) in [6.07, 6.45) is 0. The maximum atomic E-state index is 13.4. The molecule has 0 aliphatic rings. The fourth-order valence-electron chi connectivity index (χ4n) is 1.81. The first-order valence-corrected chi connectivity index (χ1v) is 6.31. The van der Waals surface area contributed by atoms with Gasteiger partial charge in [-0.25, -0.2) is 13.6 Å². The van der Waals surface area contributed by atoms with E-state index in [-0.39, 0.29) is 12.3 Å². The first-order valence-electron chi connectivity index (χ1n) is 6.31. The van der Waals surface area contributed by atoms with Crippen molar-refractivity contribution >= 4 is 11.9 Å². The summed E-state index contributed by atoms with van der Waals surface area (Å²) in [5.41, 5.74) is -1.41. The molecular formula is C14H17F2NO4. The molecule has 0 fully saturated rings. The molecule has 0 saturated heterocycles. The monoisotopic (exact) mass is 301 g/mol. The summed E-state index contributed by atoms with van der Waals surface area (Å²) in [6.45, 7) is 4.02. The molecule has 0 heterocycles. The van der Waals surface area contributed by atoms with Gasteiger partial charge in [0, 0.05) is 12.6 Å². The Morgan fingerprint density at radius 3 is 2.43 bits per heavy atom. The number of carbonyl (C=O) groups excluding carboxylic acids is 1. The average Bonchev–Trinajstić information content (AvgIpc) is 2.38. The highest BCUT2D eigenvalue weighted by Gasteiger charge is 2.36. The minimum absolute atomic E-state index is 0.160. The fraction of sp³-hybridized carbons (Fsp3) is 0.429. The second-order valence-electron chi connectivity index (χ2n) is 4.87. The zero-order chi connectivity index (χ0) is 16.2. The number of carboxylic acids is 1. The quantitative estimate of drug-likeness (QED) is 0.873. The van der Waals surface area contributed by atoms with Crippen molar-refractivity contribution in [3.05, 3.63) is 29.8 Å². The number of carboxylic acid groups (broad SMARTS) is 1. The highest BCUT2D eigenvalue weighted by Crippen LogP contribution is 2.19. The van der Waals surface area contributed by atoms with Crippen LogP contribution in [-0.4, -0.2) is 40.6 Å². The Morgan fingerprint density at radius 1 is 1.33 bits per heavy atom. The van der Waals surface area contributed by atoms with Crippen molar-refractivity contribution in [3.63, 3.8) is 0 Å². The predicted molar refractivity (Wildman–Crippen MR) is 71.0 cm³/mol. The molecule has 0 aliphatic heterocycles. The van der Waals surface area contributed by atoms with Gasteiger partial charge in [0.25, 0.3) is 5.91 Å². The molecule has 0 atom stereocenters. The van der Waals surface area contributed by atoms with Crippen LogP contribution in [0.1, 0.15) is 20.8 Å². The normalized spacial score (nSPS) is 11.1. The number of likely N-dealkylation sites (N-methyl/N-ethyl adjacent to an activating group) is 1. The molecule has 21 heavy (non-hydrogen) atoms. The standard InChI is InChI=1S/C14H17F2NO4/c1-4-17(14(2,3)13(19)20)12(18)8-21-11-6-5-9(15)7-10(11)16/h5-7H,4,8H2,1-3H3,(H,19,20). The van der Waals surface area contributed by atoms with Crippen LogP contribution >= 0.6 is 0 Å². The van der Waals surface area contributed by atoms with Crippen molar-refractivity contribution in [2.75, 3.05) is 13.2 Å². The van der Waals surface area contributed by atoms with E-state index in [1.165, 1.54) is 13.8 Å². The number of amides is 1. The van der Waals surface area contributed by atoms with Gasteiger partial charge in [-0.2, -0.15) is 0 Å². The summed E-state index contributed by atoms with van der Waals surface area (Å²) in [4.78, 5) is 24.3. The van der Waals surface area contributed by atoms with Crippen LogP contribution in [0.25, 0.3) is 0 Å². The molecule has 1 rings (SSSR count). The zero-order valence-corrected chi connectivity index (χ0v) is 12.0. The number of hydrogen-bond donors (Lipinski definition) is 1. The second-order valence-corrected chi connectivity index (χ2v) is 4.87. The lowest BCUT2D eigenvalue weighted by atomic mass is 10.0. The van der Waals surface area contributed by atoms with Crippen molar-refractivity contribution in [1.82, 2.24) is 4.90 Å². The topological polar surface area (TPSA) is 66.8 Å². The number of benzene rings is 1. The van der Waals surface area contributed by atoms with Gasteiger partial charge < -0.3 is 14.7 Å². The van der Waals surface area contributed by atoms with Crippen LogP contribution < -0.4 is 4.74 Å². The van der Waals surface area contributed by atoms with Gasteiger partial charge in [-0.1, -0.05) is 0 Å². The molecule has 1 N–H and O–H groups in total. The molecule has 0 spiro atoms. The molecule has 0 bridgehead atoms. The Balaban J connectivity index is 2.78. The SMILES string of the molecule is CCN(C(=O)COc1ccc(F)cc1F)C(C)(C)C(=O)O. The summed E-state index contributed by atoms with van der Waals surface area (Å²) in [7, 11) is 0. The minimum Gasteiger partial charge on any atom is -0.481 e. The Labute approximate surface area is 121 Å².